The van der Waals surface area contributed by atoms with Gasteiger partial charge >= 0.3 is 0 Å². The van der Waals surface area contributed by atoms with Crippen molar-refractivity contribution < 1.29 is 4.79 Å². The third-order valence-corrected chi connectivity index (χ3v) is 3.12. The molecule has 0 N–H and O–H groups in total. The van der Waals surface area contributed by atoms with Crippen molar-refractivity contribution in [2.45, 2.75) is 40.0 Å². The molecule has 1 unspecified atom stereocenters. The van der Waals surface area contributed by atoms with Crippen molar-refractivity contribution in [3.63, 3.8) is 0 Å². The molecular formula is C13H20O. The number of hydrogen-bond donors (Lipinski definition) is 0. The topological polar surface area (TPSA) is 17.1 Å². The summed E-state index contributed by atoms with van der Waals surface area (Å²) < 4.78 is 0. The Morgan fingerprint density at radius 2 is 2.21 bits per heavy atom. The first-order valence-electron chi connectivity index (χ1n) is 5.30. The van der Waals surface area contributed by atoms with Crippen LogP contribution in [0.25, 0.3) is 0 Å². The molecular weight excluding hydrogens is 172 g/mol. The van der Waals surface area contributed by atoms with Crippen LogP contribution in [0.4, 0.5) is 0 Å². The van der Waals surface area contributed by atoms with Gasteiger partial charge in [-0.15, -0.1) is 0 Å². The summed E-state index contributed by atoms with van der Waals surface area (Å²) in [7, 11) is 0. The maximum absolute atomic E-state index is 10.9. The van der Waals surface area contributed by atoms with Crippen LogP contribution in [0.2, 0.25) is 0 Å². The van der Waals surface area contributed by atoms with Crippen molar-refractivity contribution in [1.29, 1.82) is 0 Å². The zero-order valence-electron chi connectivity index (χ0n) is 9.47. The SMILES string of the molecule is C=C1CCCC(C)(C)C1/C=C\C(C)=O. The van der Waals surface area contributed by atoms with Crippen molar-refractivity contribution >= 4 is 5.78 Å². The normalized spacial score (nSPS) is 26.8. The molecule has 0 aromatic carbocycles. The van der Waals surface area contributed by atoms with E-state index in [0.717, 1.165) is 6.42 Å². The van der Waals surface area contributed by atoms with E-state index in [2.05, 4.69) is 20.4 Å². The summed E-state index contributed by atoms with van der Waals surface area (Å²) in [5, 5.41) is 0. The highest BCUT2D eigenvalue weighted by Gasteiger charge is 2.32. The van der Waals surface area contributed by atoms with Gasteiger partial charge in [0.1, 0.15) is 0 Å². The number of ketones is 1. The molecule has 0 saturated heterocycles. The van der Waals surface area contributed by atoms with Crippen LogP contribution < -0.4 is 0 Å². The maximum Gasteiger partial charge on any atom is 0.152 e. The van der Waals surface area contributed by atoms with Gasteiger partial charge in [-0.2, -0.15) is 0 Å². The lowest BCUT2D eigenvalue weighted by Gasteiger charge is -2.38. The predicted molar refractivity (Wildman–Crippen MR) is 60.1 cm³/mol. The highest BCUT2D eigenvalue weighted by molar-refractivity contribution is 5.87. The summed E-state index contributed by atoms with van der Waals surface area (Å²) in [4.78, 5) is 10.9. The molecule has 0 aliphatic heterocycles. The van der Waals surface area contributed by atoms with Gasteiger partial charge in [-0.05, 0) is 37.7 Å². The molecule has 0 aromatic heterocycles. The monoisotopic (exact) mass is 192 g/mol. The third kappa shape index (κ3) is 2.57. The Hall–Kier alpha value is -0.850. The first kappa shape index (κ1) is 11.2. The minimum atomic E-state index is 0.124. The second kappa shape index (κ2) is 4.12. The Bertz CT molecular complexity index is 271. The Morgan fingerprint density at radius 3 is 2.71 bits per heavy atom. The molecule has 1 nitrogen and oxygen atoms in total. The molecule has 0 bridgehead atoms. The van der Waals surface area contributed by atoms with Crippen LogP contribution in [0.5, 0.6) is 0 Å². The van der Waals surface area contributed by atoms with Crippen LogP contribution in [-0.4, -0.2) is 5.78 Å². The van der Waals surface area contributed by atoms with E-state index in [1.807, 2.05) is 6.08 Å². The van der Waals surface area contributed by atoms with Crippen LogP contribution in [0.3, 0.4) is 0 Å². The molecule has 1 saturated carbocycles. The molecule has 0 radical (unpaired) electrons. The van der Waals surface area contributed by atoms with Crippen LogP contribution in [-0.2, 0) is 4.79 Å². The number of allylic oxidation sites excluding steroid dienone is 3. The fourth-order valence-electron chi connectivity index (χ4n) is 2.26. The van der Waals surface area contributed by atoms with E-state index in [9.17, 15) is 4.79 Å². The Balaban J connectivity index is 2.80. The highest BCUT2D eigenvalue weighted by Crippen LogP contribution is 2.43. The summed E-state index contributed by atoms with van der Waals surface area (Å²) >= 11 is 0. The van der Waals surface area contributed by atoms with Gasteiger partial charge in [0.25, 0.3) is 0 Å². The molecule has 0 aromatic rings. The van der Waals surface area contributed by atoms with Gasteiger partial charge in [-0.1, -0.05) is 32.1 Å². The second-order valence-corrected chi connectivity index (χ2v) is 4.95. The molecule has 0 spiro atoms. The quantitative estimate of drug-likeness (QED) is 0.483. The fourth-order valence-corrected chi connectivity index (χ4v) is 2.26. The lowest BCUT2D eigenvalue weighted by atomic mass is 9.67. The molecule has 1 aliphatic rings. The molecule has 1 atom stereocenters. The first-order chi connectivity index (χ1) is 6.43. The van der Waals surface area contributed by atoms with Crippen LogP contribution in [0.15, 0.2) is 24.3 Å². The molecule has 0 heterocycles. The lowest BCUT2D eigenvalue weighted by molar-refractivity contribution is -0.112. The van der Waals surface area contributed by atoms with Gasteiger partial charge in [-0.3, -0.25) is 4.79 Å². The van der Waals surface area contributed by atoms with Gasteiger partial charge in [0, 0.05) is 5.92 Å². The number of carbonyl (C=O) groups excluding carboxylic acids is 1. The van der Waals surface area contributed by atoms with Gasteiger partial charge < -0.3 is 0 Å². The largest absolute Gasteiger partial charge is 0.295 e. The van der Waals surface area contributed by atoms with Gasteiger partial charge in [0.2, 0.25) is 0 Å². The summed E-state index contributed by atoms with van der Waals surface area (Å²) in [6, 6.07) is 0. The van der Waals surface area contributed by atoms with Crippen molar-refractivity contribution in [3.05, 3.63) is 24.3 Å². The van der Waals surface area contributed by atoms with E-state index in [4.69, 9.17) is 0 Å². The van der Waals surface area contributed by atoms with E-state index in [0.29, 0.717) is 5.92 Å². The van der Waals surface area contributed by atoms with Gasteiger partial charge in [0.15, 0.2) is 5.78 Å². The van der Waals surface area contributed by atoms with Crippen molar-refractivity contribution in [2.24, 2.45) is 11.3 Å². The predicted octanol–water partition coefficient (Wildman–Crippen LogP) is 3.51. The molecule has 0 amide bonds. The minimum absolute atomic E-state index is 0.124. The van der Waals surface area contributed by atoms with Crippen LogP contribution in [0, 0.1) is 11.3 Å². The van der Waals surface area contributed by atoms with E-state index >= 15 is 0 Å². The van der Waals surface area contributed by atoms with Gasteiger partial charge in [-0.25, -0.2) is 0 Å². The Morgan fingerprint density at radius 1 is 1.57 bits per heavy atom. The number of hydrogen-bond acceptors (Lipinski definition) is 1. The lowest BCUT2D eigenvalue weighted by Crippen LogP contribution is -2.28. The molecule has 1 rings (SSSR count). The zero-order chi connectivity index (χ0) is 10.8. The van der Waals surface area contributed by atoms with E-state index < -0.39 is 0 Å². The molecule has 1 fully saturated rings. The maximum atomic E-state index is 10.9. The smallest absolute Gasteiger partial charge is 0.152 e. The van der Waals surface area contributed by atoms with Crippen molar-refractivity contribution in [2.75, 3.05) is 0 Å². The van der Waals surface area contributed by atoms with Gasteiger partial charge in [0.05, 0.1) is 0 Å². The summed E-state index contributed by atoms with van der Waals surface area (Å²) in [6.07, 6.45) is 7.28. The van der Waals surface area contributed by atoms with E-state index in [1.54, 1.807) is 13.0 Å². The van der Waals surface area contributed by atoms with E-state index in [1.165, 1.54) is 18.4 Å². The van der Waals surface area contributed by atoms with Crippen LogP contribution in [0.1, 0.15) is 40.0 Å². The summed E-state index contributed by atoms with van der Waals surface area (Å²) in [5.41, 5.74) is 1.54. The van der Waals surface area contributed by atoms with Crippen molar-refractivity contribution in [3.8, 4) is 0 Å². The second-order valence-electron chi connectivity index (χ2n) is 4.95. The number of carbonyl (C=O) groups is 1. The molecule has 1 aliphatic carbocycles. The Kier molecular flexibility index (Phi) is 3.30. The third-order valence-electron chi connectivity index (χ3n) is 3.12. The molecule has 1 heteroatoms. The molecule has 14 heavy (non-hydrogen) atoms. The first-order valence-corrected chi connectivity index (χ1v) is 5.30. The average molecular weight is 192 g/mol. The number of rotatable bonds is 2. The van der Waals surface area contributed by atoms with E-state index in [-0.39, 0.29) is 11.2 Å². The fraction of sp³-hybridized carbons (Fsp3) is 0.615. The minimum Gasteiger partial charge on any atom is -0.295 e. The summed E-state index contributed by atoms with van der Waals surface area (Å²) in [6.45, 7) is 10.2. The zero-order valence-corrected chi connectivity index (χ0v) is 9.47. The summed E-state index contributed by atoms with van der Waals surface area (Å²) in [5.74, 6) is 0.499. The Labute approximate surface area is 86.9 Å². The molecule has 78 valence electrons. The average Bonchev–Trinajstić information content (AvgIpc) is 2.01. The highest BCUT2D eigenvalue weighted by atomic mass is 16.1. The standard InChI is InChI=1S/C13H20O/c1-10-6-5-9-13(3,4)12(10)8-7-11(2)14/h7-8,12H,1,5-6,9H2,2-4H3/b8-7-. The van der Waals surface area contributed by atoms with Crippen LogP contribution >= 0.6 is 0 Å². The van der Waals surface area contributed by atoms with Crippen molar-refractivity contribution in [1.82, 2.24) is 0 Å².